The number of nitrogens with zero attached hydrogens (tertiary/aromatic N) is 2. The Morgan fingerprint density at radius 2 is 1.92 bits per heavy atom. The second-order valence-corrected chi connectivity index (χ2v) is 6.08. The number of aliphatic hydroxyl groups is 1. The normalized spacial score (nSPS) is 12.5. The van der Waals surface area contributed by atoms with Gasteiger partial charge in [0.15, 0.2) is 0 Å². The molecule has 1 aromatic heterocycles. The Labute approximate surface area is 142 Å². The highest BCUT2D eigenvalue weighted by molar-refractivity contribution is 5.76. The molecule has 0 aliphatic heterocycles. The van der Waals surface area contributed by atoms with Crippen LogP contribution >= 0.6 is 0 Å². The molecule has 4 heteroatoms. The molecule has 2 aromatic carbocycles. The predicted molar refractivity (Wildman–Crippen MR) is 96.4 cm³/mol. The van der Waals surface area contributed by atoms with Gasteiger partial charge in [-0.15, -0.1) is 0 Å². The molecule has 0 aliphatic carbocycles. The lowest BCUT2D eigenvalue weighted by Crippen LogP contribution is -2.14. The van der Waals surface area contributed by atoms with E-state index in [1.165, 1.54) is 11.1 Å². The summed E-state index contributed by atoms with van der Waals surface area (Å²) in [6, 6.07) is 14.1. The van der Waals surface area contributed by atoms with Crippen LogP contribution in [0.4, 0.5) is 0 Å². The van der Waals surface area contributed by atoms with Crippen LogP contribution in [0.5, 0.6) is 5.75 Å². The Morgan fingerprint density at radius 3 is 2.71 bits per heavy atom. The van der Waals surface area contributed by atoms with E-state index in [4.69, 9.17) is 4.74 Å². The Bertz CT molecular complexity index is 839. The van der Waals surface area contributed by atoms with Gasteiger partial charge in [-0.2, -0.15) is 0 Å². The number of para-hydroxylation sites is 2. The van der Waals surface area contributed by atoms with Crippen LogP contribution < -0.4 is 4.74 Å². The van der Waals surface area contributed by atoms with Gasteiger partial charge in [0.2, 0.25) is 0 Å². The minimum absolute atomic E-state index is 0.536. The van der Waals surface area contributed by atoms with Gasteiger partial charge in [-0.25, -0.2) is 4.98 Å². The second-order valence-electron chi connectivity index (χ2n) is 6.08. The van der Waals surface area contributed by atoms with Gasteiger partial charge in [-0.1, -0.05) is 31.2 Å². The zero-order chi connectivity index (χ0) is 17.1. The van der Waals surface area contributed by atoms with Crippen molar-refractivity contribution in [3.8, 4) is 5.75 Å². The molecular weight excluding hydrogens is 300 g/mol. The van der Waals surface area contributed by atoms with E-state index in [-0.39, 0.29) is 0 Å². The molecule has 4 nitrogen and oxygen atoms in total. The molecule has 0 aliphatic rings. The maximum absolute atomic E-state index is 10.3. The van der Waals surface area contributed by atoms with E-state index in [9.17, 15) is 5.11 Å². The minimum Gasteiger partial charge on any atom is -0.491 e. The molecule has 3 rings (SSSR count). The van der Waals surface area contributed by atoms with E-state index in [2.05, 4.69) is 29.5 Å². The molecule has 0 amide bonds. The molecule has 1 heterocycles. The highest BCUT2D eigenvalue weighted by atomic mass is 16.5. The molecule has 0 saturated carbocycles. The molecule has 126 valence electrons. The van der Waals surface area contributed by atoms with Crippen molar-refractivity contribution < 1.29 is 9.84 Å². The summed E-state index contributed by atoms with van der Waals surface area (Å²) in [5.74, 6) is 1.63. The topological polar surface area (TPSA) is 47.3 Å². The number of imidazole rings is 1. The van der Waals surface area contributed by atoms with Crippen LogP contribution in [0.1, 0.15) is 36.4 Å². The van der Waals surface area contributed by atoms with E-state index in [1.807, 2.05) is 43.3 Å². The third kappa shape index (κ3) is 3.15. The number of fused-ring (bicyclic) bond motifs is 1. The molecule has 0 saturated heterocycles. The van der Waals surface area contributed by atoms with Gasteiger partial charge >= 0.3 is 0 Å². The van der Waals surface area contributed by atoms with Gasteiger partial charge in [0.25, 0.3) is 0 Å². The van der Waals surface area contributed by atoms with Gasteiger partial charge in [-0.05, 0) is 49.6 Å². The first-order valence-electron chi connectivity index (χ1n) is 8.44. The number of aromatic nitrogens is 2. The van der Waals surface area contributed by atoms with Crippen molar-refractivity contribution in [3.05, 3.63) is 59.4 Å². The van der Waals surface area contributed by atoms with Gasteiger partial charge in [0.05, 0.1) is 17.6 Å². The fraction of sp³-hybridized carbons (Fsp3) is 0.350. The smallest absolute Gasteiger partial charge is 0.138 e. The van der Waals surface area contributed by atoms with E-state index < -0.39 is 6.10 Å². The molecule has 0 fully saturated rings. The highest BCUT2D eigenvalue weighted by Crippen LogP contribution is 2.24. The Morgan fingerprint density at radius 1 is 1.12 bits per heavy atom. The molecule has 24 heavy (non-hydrogen) atoms. The molecule has 1 atom stereocenters. The zero-order valence-electron chi connectivity index (χ0n) is 14.5. The Balaban J connectivity index is 1.83. The number of benzene rings is 2. The van der Waals surface area contributed by atoms with Crippen molar-refractivity contribution in [2.75, 3.05) is 6.61 Å². The number of aryl methyl sites for hydroxylation is 1. The van der Waals surface area contributed by atoms with Crippen LogP contribution in [-0.2, 0) is 6.54 Å². The van der Waals surface area contributed by atoms with Crippen LogP contribution in [0.2, 0.25) is 0 Å². The largest absolute Gasteiger partial charge is 0.491 e. The number of rotatable bonds is 6. The van der Waals surface area contributed by atoms with E-state index >= 15 is 0 Å². The molecule has 0 unspecified atom stereocenters. The zero-order valence-corrected chi connectivity index (χ0v) is 14.5. The van der Waals surface area contributed by atoms with Crippen molar-refractivity contribution in [2.24, 2.45) is 0 Å². The molecule has 3 aromatic rings. The second kappa shape index (κ2) is 7.05. The molecule has 0 spiro atoms. The maximum atomic E-state index is 10.3. The number of ether oxygens (including phenoxy) is 1. The third-order valence-electron chi connectivity index (χ3n) is 4.50. The van der Waals surface area contributed by atoms with Crippen molar-refractivity contribution in [1.29, 1.82) is 0 Å². The Kier molecular flexibility index (Phi) is 4.86. The first-order valence-corrected chi connectivity index (χ1v) is 8.44. The van der Waals surface area contributed by atoms with Crippen LogP contribution in [-0.4, -0.2) is 21.3 Å². The summed E-state index contributed by atoms with van der Waals surface area (Å²) in [5, 5.41) is 10.3. The predicted octanol–water partition coefficient (Wildman–Crippen LogP) is 4.18. The first kappa shape index (κ1) is 16.5. The monoisotopic (exact) mass is 324 g/mol. The van der Waals surface area contributed by atoms with Crippen molar-refractivity contribution >= 4 is 11.0 Å². The summed E-state index contributed by atoms with van der Waals surface area (Å²) in [6.45, 7) is 7.31. The lowest BCUT2D eigenvalue weighted by Gasteiger charge is -2.15. The third-order valence-corrected chi connectivity index (χ3v) is 4.50. The van der Waals surface area contributed by atoms with Gasteiger partial charge in [0, 0.05) is 0 Å². The van der Waals surface area contributed by atoms with Crippen molar-refractivity contribution in [3.63, 3.8) is 0 Å². The first-order chi connectivity index (χ1) is 11.6. The van der Waals surface area contributed by atoms with Crippen LogP contribution in [0.3, 0.4) is 0 Å². The fourth-order valence-corrected chi connectivity index (χ4v) is 2.89. The standard InChI is InChI=1S/C20H24N2O2/c1-4-18(23)20-21-16-9-5-6-10-17(16)22(20)12-13-24-19-11-7-8-14(2)15(19)3/h5-11,18,23H,4,12-13H2,1-3H3/t18-/m1/s1. The van der Waals surface area contributed by atoms with E-state index in [0.29, 0.717) is 25.4 Å². The van der Waals surface area contributed by atoms with Crippen molar-refractivity contribution in [2.45, 2.75) is 39.8 Å². The summed E-state index contributed by atoms with van der Waals surface area (Å²) < 4.78 is 8.04. The molecule has 0 bridgehead atoms. The van der Waals surface area contributed by atoms with Crippen LogP contribution in [0, 0.1) is 13.8 Å². The Hall–Kier alpha value is -2.33. The quantitative estimate of drug-likeness (QED) is 0.740. The molecule has 1 N–H and O–H groups in total. The van der Waals surface area contributed by atoms with E-state index in [1.54, 1.807) is 0 Å². The van der Waals surface area contributed by atoms with Crippen LogP contribution in [0.15, 0.2) is 42.5 Å². The van der Waals surface area contributed by atoms with Crippen LogP contribution in [0.25, 0.3) is 11.0 Å². The van der Waals surface area contributed by atoms with Gasteiger partial charge in [-0.3, -0.25) is 0 Å². The highest BCUT2D eigenvalue weighted by Gasteiger charge is 2.16. The molecular formula is C20H24N2O2. The maximum Gasteiger partial charge on any atom is 0.138 e. The summed E-state index contributed by atoms with van der Waals surface area (Å²) in [6.07, 6.45) is 0.0827. The minimum atomic E-state index is -0.557. The summed E-state index contributed by atoms with van der Waals surface area (Å²) >= 11 is 0. The SMILES string of the molecule is CC[C@@H](O)c1nc2ccccc2n1CCOc1cccc(C)c1C. The summed E-state index contributed by atoms with van der Waals surface area (Å²) in [7, 11) is 0. The van der Waals surface area contributed by atoms with Gasteiger partial charge in [0.1, 0.15) is 24.3 Å². The summed E-state index contributed by atoms with van der Waals surface area (Å²) in [4.78, 5) is 4.60. The number of hydrogen-bond donors (Lipinski definition) is 1. The lowest BCUT2D eigenvalue weighted by atomic mass is 10.1. The summed E-state index contributed by atoms with van der Waals surface area (Å²) in [5.41, 5.74) is 4.33. The van der Waals surface area contributed by atoms with Crippen molar-refractivity contribution in [1.82, 2.24) is 9.55 Å². The molecule has 0 radical (unpaired) electrons. The average Bonchev–Trinajstić information content (AvgIpc) is 2.97. The average molecular weight is 324 g/mol. The van der Waals surface area contributed by atoms with Gasteiger partial charge < -0.3 is 14.4 Å². The lowest BCUT2D eigenvalue weighted by molar-refractivity contribution is 0.157. The number of aliphatic hydroxyl groups excluding tert-OH is 1. The fourth-order valence-electron chi connectivity index (χ4n) is 2.89. The number of hydrogen-bond acceptors (Lipinski definition) is 3. The van der Waals surface area contributed by atoms with E-state index in [0.717, 1.165) is 16.8 Å².